The lowest BCUT2D eigenvalue weighted by atomic mass is 9.95. The van der Waals surface area contributed by atoms with Gasteiger partial charge in [-0.1, -0.05) is 73.9 Å². The fourth-order valence-electron chi connectivity index (χ4n) is 4.01. The monoisotopic (exact) mass is 428 g/mol. The molecule has 0 aromatic heterocycles. The molecule has 2 N–H and O–H groups in total. The van der Waals surface area contributed by atoms with Crippen molar-refractivity contribution in [2.45, 2.75) is 44.8 Å². The van der Waals surface area contributed by atoms with Crippen molar-refractivity contribution >= 4 is 17.5 Å². The summed E-state index contributed by atoms with van der Waals surface area (Å²) in [5.74, 6) is 0.0333. The number of para-hydroxylation sites is 2. The van der Waals surface area contributed by atoms with Crippen LogP contribution in [0.3, 0.4) is 0 Å². The van der Waals surface area contributed by atoms with E-state index >= 15 is 0 Å². The quantitative estimate of drug-likeness (QED) is 0.516. The van der Waals surface area contributed by atoms with Crippen molar-refractivity contribution in [3.8, 4) is 5.75 Å². The maximum absolute atomic E-state index is 13.1. The number of ether oxygens (including phenoxy) is 1. The first-order chi connectivity index (χ1) is 15.7. The maximum atomic E-state index is 13.1. The summed E-state index contributed by atoms with van der Waals surface area (Å²) >= 11 is 0. The van der Waals surface area contributed by atoms with Gasteiger partial charge in [0.1, 0.15) is 12.4 Å². The lowest BCUT2D eigenvalue weighted by molar-refractivity contribution is 0.0928. The van der Waals surface area contributed by atoms with Crippen LogP contribution in [0.25, 0.3) is 0 Å². The molecule has 0 atom stereocenters. The number of anilines is 1. The van der Waals surface area contributed by atoms with Crippen LogP contribution >= 0.6 is 0 Å². The van der Waals surface area contributed by atoms with E-state index in [1.807, 2.05) is 48.5 Å². The Hall–Kier alpha value is -3.60. The molecular formula is C27H28N2O3. The standard InChI is InChI=1S/C27H28N2O3/c30-26(28-21-13-5-2-6-14-21)22-15-7-9-17-24(22)29-27(31)23-16-8-10-18-25(23)32-19-20-11-3-1-4-12-20/h1,3-4,7-12,15-18,21H,2,5-6,13-14,19H2,(H,28,30)(H,29,31). The fraction of sp³-hybridized carbons (Fsp3) is 0.259. The maximum Gasteiger partial charge on any atom is 0.259 e. The van der Waals surface area contributed by atoms with Gasteiger partial charge in [-0.2, -0.15) is 0 Å². The Morgan fingerprint density at radius 3 is 2.19 bits per heavy atom. The van der Waals surface area contributed by atoms with Crippen LogP contribution in [-0.4, -0.2) is 17.9 Å². The van der Waals surface area contributed by atoms with Crippen LogP contribution in [0.1, 0.15) is 58.4 Å². The van der Waals surface area contributed by atoms with Crippen molar-refractivity contribution in [1.82, 2.24) is 5.32 Å². The van der Waals surface area contributed by atoms with Crippen LogP contribution in [0.4, 0.5) is 5.69 Å². The van der Waals surface area contributed by atoms with Crippen LogP contribution in [0, 0.1) is 0 Å². The first-order valence-electron chi connectivity index (χ1n) is 11.2. The zero-order valence-corrected chi connectivity index (χ0v) is 18.1. The number of rotatable bonds is 7. The number of carbonyl (C=O) groups excluding carboxylic acids is 2. The molecule has 0 aliphatic heterocycles. The second-order valence-corrected chi connectivity index (χ2v) is 8.08. The highest BCUT2D eigenvalue weighted by atomic mass is 16.5. The molecule has 5 heteroatoms. The Kier molecular flexibility index (Phi) is 7.18. The Morgan fingerprint density at radius 2 is 1.41 bits per heavy atom. The average Bonchev–Trinajstić information content (AvgIpc) is 2.84. The zero-order chi connectivity index (χ0) is 22.2. The van der Waals surface area contributed by atoms with Crippen LogP contribution in [0.2, 0.25) is 0 Å². The molecule has 3 aromatic carbocycles. The second-order valence-electron chi connectivity index (χ2n) is 8.08. The molecule has 1 fully saturated rings. The van der Waals surface area contributed by atoms with Crippen LogP contribution in [0.5, 0.6) is 5.75 Å². The summed E-state index contributed by atoms with van der Waals surface area (Å²) in [7, 11) is 0. The molecule has 2 amide bonds. The van der Waals surface area contributed by atoms with Gasteiger partial charge in [0.2, 0.25) is 0 Å². The molecule has 1 aliphatic carbocycles. The van der Waals surface area contributed by atoms with Crippen LogP contribution in [-0.2, 0) is 6.61 Å². The third kappa shape index (κ3) is 5.55. The molecule has 0 bridgehead atoms. The highest BCUT2D eigenvalue weighted by Crippen LogP contribution is 2.23. The van der Waals surface area contributed by atoms with Gasteiger partial charge in [-0.3, -0.25) is 9.59 Å². The minimum absolute atomic E-state index is 0.151. The van der Waals surface area contributed by atoms with E-state index in [9.17, 15) is 9.59 Å². The summed E-state index contributed by atoms with van der Waals surface area (Å²) in [4.78, 5) is 26.0. The zero-order valence-electron chi connectivity index (χ0n) is 18.1. The largest absolute Gasteiger partial charge is 0.488 e. The number of nitrogens with one attached hydrogen (secondary N) is 2. The van der Waals surface area contributed by atoms with Gasteiger partial charge in [-0.05, 0) is 42.7 Å². The van der Waals surface area contributed by atoms with Crippen molar-refractivity contribution in [2.24, 2.45) is 0 Å². The molecule has 1 saturated carbocycles. The molecule has 0 unspecified atom stereocenters. The molecule has 0 saturated heterocycles. The van der Waals surface area contributed by atoms with Crippen molar-refractivity contribution < 1.29 is 14.3 Å². The second kappa shape index (κ2) is 10.6. The minimum Gasteiger partial charge on any atom is -0.488 e. The van der Waals surface area contributed by atoms with E-state index in [0.717, 1.165) is 31.2 Å². The third-order valence-electron chi connectivity index (χ3n) is 5.73. The van der Waals surface area contributed by atoms with Crippen molar-refractivity contribution in [2.75, 3.05) is 5.32 Å². The molecule has 0 heterocycles. The van der Waals surface area contributed by atoms with E-state index in [1.165, 1.54) is 6.42 Å². The molecule has 3 aromatic rings. The van der Waals surface area contributed by atoms with Gasteiger partial charge < -0.3 is 15.4 Å². The van der Waals surface area contributed by atoms with Crippen molar-refractivity contribution in [1.29, 1.82) is 0 Å². The van der Waals surface area contributed by atoms with Gasteiger partial charge in [0.15, 0.2) is 0 Å². The minimum atomic E-state index is -0.313. The number of benzene rings is 3. The molecule has 0 spiro atoms. The van der Waals surface area contributed by atoms with E-state index in [4.69, 9.17) is 4.74 Å². The van der Waals surface area contributed by atoms with E-state index < -0.39 is 0 Å². The van der Waals surface area contributed by atoms with Gasteiger partial charge in [-0.15, -0.1) is 0 Å². The number of amides is 2. The lowest BCUT2D eigenvalue weighted by Gasteiger charge is -2.23. The Labute approximate surface area is 188 Å². The number of carbonyl (C=O) groups is 2. The van der Waals surface area contributed by atoms with E-state index in [1.54, 1.807) is 30.3 Å². The Balaban J connectivity index is 1.47. The summed E-state index contributed by atoms with van der Waals surface area (Å²) in [6.07, 6.45) is 5.52. The molecule has 32 heavy (non-hydrogen) atoms. The normalized spacial score (nSPS) is 13.9. The highest BCUT2D eigenvalue weighted by Gasteiger charge is 2.20. The van der Waals surface area contributed by atoms with Gasteiger partial charge in [-0.25, -0.2) is 0 Å². The highest BCUT2D eigenvalue weighted by molar-refractivity contribution is 6.10. The Morgan fingerprint density at radius 1 is 0.750 bits per heavy atom. The summed E-state index contributed by atoms with van der Waals surface area (Å²) in [6.45, 7) is 0.367. The molecule has 164 valence electrons. The predicted molar refractivity (Wildman–Crippen MR) is 126 cm³/mol. The summed E-state index contributed by atoms with van der Waals surface area (Å²) in [6, 6.07) is 24.3. The van der Waals surface area contributed by atoms with E-state index in [0.29, 0.717) is 29.2 Å². The van der Waals surface area contributed by atoms with E-state index in [-0.39, 0.29) is 17.9 Å². The first-order valence-corrected chi connectivity index (χ1v) is 11.2. The van der Waals surface area contributed by atoms with Gasteiger partial charge in [0.05, 0.1) is 16.8 Å². The number of hydrogen-bond acceptors (Lipinski definition) is 3. The molecule has 5 nitrogen and oxygen atoms in total. The Bertz CT molecular complexity index is 1060. The van der Waals surface area contributed by atoms with Gasteiger partial charge >= 0.3 is 0 Å². The molecule has 1 aliphatic rings. The average molecular weight is 429 g/mol. The lowest BCUT2D eigenvalue weighted by Crippen LogP contribution is -2.36. The summed E-state index contributed by atoms with van der Waals surface area (Å²) in [5, 5.41) is 6.03. The molecule has 0 radical (unpaired) electrons. The SMILES string of the molecule is O=C(NC1CCCCC1)c1ccccc1NC(=O)c1ccccc1OCc1ccccc1. The van der Waals surface area contributed by atoms with Crippen LogP contribution in [0.15, 0.2) is 78.9 Å². The van der Waals surface area contributed by atoms with Crippen LogP contribution < -0.4 is 15.4 Å². The third-order valence-corrected chi connectivity index (χ3v) is 5.73. The topological polar surface area (TPSA) is 67.4 Å². The first kappa shape index (κ1) is 21.6. The number of hydrogen-bond donors (Lipinski definition) is 2. The molecular weight excluding hydrogens is 400 g/mol. The van der Waals surface area contributed by atoms with E-state index in [2.05, 4.69) is 10.6 Å². The van der Waals surface area contributed by atoms with Gasteiger partial charge in [0, 0.05) is 6.04 Å². The smallest absolute Gasteiger partial charge is 0.259 e. The molecule has 4 rings (SSSR count). The summed E-state index contributed by atoms with van der Waals surface area (Å²) in [5.41, 5.74) is 2.40. The van der Waals surface area contributed by atoms with Crippen molar-refractivity contribution in [3.63, 3.8) is 0 Å². The predicted octanol–water partition coefficient (Wildman–Crippen LogP) is 5.58. The van der Waals surface area contributed by atoms with Crippen molar-refractivity contribution in [3.05, 3.63) is 95.6 Å². The fourth-order valence-corrected chi connectivity index (χ4v) is 4.01. The van der Waals surface area contributed by atoms with Gasteiger partial charge in [0.25, 0.3) is 11.8 Å². The summed E-state index contributed by atoms with van der Waals surface area (Å²) < 4.78 is 5.92.